The zero-order valence-electron chi connectivity index (χ0n) is 21.0. The van der Waals surface area contributed by atoms with Gasteiger partial charge in [0.2, 0.25) is 0 Å². The molecule has 1 aliphatic rings. The number of nitrogens with one attached hydrogen (secondary N) is 1. The van der Waals surface area contributed by atoms with Crippen molar-refractivity contribution in [1.82, 2.24) is 5.43 Å². The molecule has 5 nitrogen and oxygen atoms in total. The largest absolute Gasteiger partial charge is 0.382 e. The van der Waals surface area contributed by atoms with Crippen molar-refractivity contribution in [3.8, 4) is 0 Å². The van der Waals surface area contributed by atoms with Crippen LogP contribution in [0.5, 0.6) is 0 Å². The predicted octanol–water partition coefficient (Wildman–Crippen LogP) is 6.10. The summed E-state index contributed by atoms with van der Waals surface area (Å²) in [7, 11) is 0. The van der Waals surface area contributed by atoms with Gasteiger partial charge in [-0.05, 0) is 30.9 Å². The van der Waals surface area contributed by atoms with Crippen molar-refractivity contribution in [2.45, 2.75) is 122 Å². The molecule has 1 aliphatic carbocycles. The molecule has 33 heavy (non-hydrogen) atoms. The summed E-state index contributed by atoms with van der Waals surface area (Å²) in [4.78, 5) is 12.8. The first-order chi connectivity index (χ1) is 16.1. The van der Waals surface area contributed by atoms with Gasteiger partial charge in [0.15, 0.2) is 0 Å². The molecule has 0 saturated heterocycles. The van der Waals surface area contributed by atoms with E-state index >= 15 is 0 Å². The second-order valence-electron chi connectivity index (χ2n) is 9.99. The molecule has 188 valence electrons. The third kappa shape index (κ3) is 11.4. The number of aliphatic hydroxyl groups excluding tert-OH is 1. The molecule has 0 aromatic heterocycles. The lowest BCUT2D eigenvalue weighted by molar-refractivity contribution is -0.130. The van der Waals surface area contributed by atoms with Gasteiger partial charge in [-0.1, -0.05) is 115 Å². The van der Waals surface area contributed by atoms with Crippen molar-refractivity contribution in [1.29, 1.82) is 0 Å². The van der Waals surface area contributed by atoms with Gasteiger partial charge in [-0.3, -0.25) is 15.2 Å². The van der Waals surface area contributed by atoms with Crippen LogP contribution in [0.15, 0.2) is 30.3 Å². The fraction of sp³-hybridized carbons (Fsp3) is 0.750. The molecule has 0 bridgehead atoms. The number of nitrogens with two attached hydrogens (primary N) is 1. The number of hydrazine groups is 1. The monoisotopic (exact) mass is 459 g/mol. The number of unbranched alkanes of at least 4 members (excludes halogenated alkanes) is 9. The molecule has 1 amide bonds. The van der Waals surface area contributed by atoms with Gasteiger partial charge in [0.05, 0.1) is 5.69 Å². The maximum atomic E-state index is 12.8. The second-order valence-corrected chi connectivity index (χ2v) is 9.99. The van der Waals surface area contributed by atoms with Crippen LogP contribution in [-0.2, 0) is 4.79 Å². The molecule has 1 aromatic carbocycles. The number of anilines is 1. The molecule has 1 fully saturated rings. The van der Waals surface area contributed by atoms with Gasteiger partial charge in [0.25, 0.3) is 5.91 Å². The molecular formula is C28H49N3O2. The van der Waals surface area contributed by atoms with E-state index in [-0.39, 0.29) is 0 Å². The number of hydrogen-bond acceptors (Lipinski definition) is 4. The van der Waals surface area contributed by atoms with Crippen molar-refractivity contribution in [2.75, 3.05) is 11.6 Å². The van der Waals surface area contributed by atoms with Gasteiger partial charge in [0, 0.05) is 12.6 Å². The summed E-state index contributed by atoms with van der Waals surface area (Å²) in [5, 5.41) is 12.5. The Balaban J connectivity index is 1.74. The Hall–Kier alpha value is -1.59. The Kier molecular flexibility index (Phi) is 14.2. The Bertz CT molecular complexity index is 619. The fourth-order valence-corrected chi connectivity index (χ4v) is 4.95. The zero-order valence-corrected chi connectivity index (χ0v) is 21.0. The molecular weight excluding hydrogens is 410 g/mol. The number of rotatable bonds is 17. The third-order valence-electron chi connectivity index (χ3n) is 7.05. The third-order valence-corrected chi connectivity index (χ3v) is 7.05. The summed E-state index contributed by atoms with van der Waals surface area (Å²) in [6.07, 6.45) is 18.4. The Morgan fingerprint density at radius 2 is 1.55 bits per heavy atom. The van der Waals surface area contributed by atoms with Crippen molar-refractivity contribution in [2.24, 2.45) is 11.7 Å². The van der Waals surface area contributed by atoms with E-state index in [0.29, 0.717) is 5.92 Å². The summed E-state index contributed by atoms with van der Waals surface area (Å²) in [5.74, 6) is 0.141. The Morgan fingerprint density at radius 1 is 0.970 bits per heavy atom. The van der Waals surface area contributed by atoms with Crippen molar-refractivity contribution in [3.63, 3.8) is 0 Å². The summed E-state index contributed by atoms with van der Waals surface area (Å²) in [6, 6.07) is 9.38. The highest BCUT2D eigenvalue weighted by Crippen LogP contribution is 2.27. The number of aliphatic hydroxyl groups is 1. The molecule has 1 saturated carbocycles. The topological polar surface area (TPSA) is 78.6 Å². The van der Waals surface area contributed by atoms with Gasteiger partial charge < -0.3 is 10.8 Å². The van der Waals surface area contributed by atoms with E-state index in [1.807, 2.05) is 35.3 Å². The molecule has 4 N–H and O–H groups in total. The van der Waals surface area contributed by atoms with E-state index in [4.69, 9.17) is 5.73 Å². The van der Waals surface area contributed by atoms with Gasteiger partial charge in [-0.25, -0.2) is 0 Å². The maximum absolute atomic E-state index is 12.8. The smallest absolute Gasteiger partial charge is 0.268 e. The quantitative estimate of drug-likeness (QED) is 0.194. The van der Waals surface area contributed by atoms with Crippen molar-refractivity contribution < 1.29 is 9.90 Å². The van der Waals surface area contributed by atoms with Gasteiger partial charge in [0.1, 0.15) is 6.10 Å². The molecule has 5 heteroatoms. The van der Waals surface area contributed by atoms with Crippen LogP contribution in [0, 0.1) is 5.92 Å². The second kappa shape index (κ2) is 16.9. The average molecular weight is 460 g/mol. The molecule has 2 rings (SSSR count). The summed E-state index contributed by atoms with van der Waals surface area (Å²) >= 11 is 0. The van der Waals surface area contributed by atoms with Crippen LogP contribution in [-0.4, -0.2) is 29.7 Å². The number of hydrogen-bond donors (Lipinski definition) is 3. The van der Waals surface area contributed by atoms with E-state index in [0.717, 1.165) is 44.3 Å². The number of carbonyl (C=O) groups is 1. The summed E-state index contributed by atoms with van der Waals surface area (Å²) in [6.45, 7) is 2.99. The normalized spacial score (nSPS) is 16.3. The van der Waals surface area contributed by atoms with Gasteiger partial charge in [-0.2, -0.15) is 0 Å². The van der Waals surface area contributed by atoms with Gasteiger partial charge >= 0.3 is 0 Å². The predicted molar refractivity (Wildman–Crippen MR) is 139 cm³/mol. The van der Waals surface area contributed by atoms with Crippen LogP contribution in [0.3, 0.4) is 0 Å². The molecule has 0 radical (unpaired) electrons. The van der Waals surface area contributed by atoms with Crippen LogP contribution < -0.4 is 16.2 Å². The molecule has 0 aliphatic heterocycles. The van der Waals surface area contributed by atoms with Crippen molar-refractivity contribution in [3.05, 3.63) is 30.3 Å². The van der Waals surface area contributed by atoms with E-state index < -0.39 is 18.1 Å². The first-order valence-corrected chi connectivity index (χ1v) is 13.7. The summed E-state index contributed by atoms with van der Waals surface area (Å²) < 4.78 is 0. The van der Waals surface area contributed by atoms with E-state index in [2.05, 4.69) is 12.3 Å². The van der Waals surface area contributed by atoms with Crippen LogP contribution in [0.2, 0.25) is 0 Å². The SMILES string of the molecule is CCCCCCCCCCCCN(NC(=O)C(O)[C@H](N)CC1CCCCC1)c1ccccc1. The van der Waals surface area contributed by atoms with Crippen LogP contribution in [0.25, 0.3) is 0 Å². The van der Waals surface area contributed by atoms with Gasteiger partial charge in [-0.15, -0.1) is 0 Å². The Labute approximate surface area is 202 Å². The lowest BCUT2D eigenvalue weighted by Gasteiger charge is -2.30. The molecule has 0 spiro atoms. The van der Waals surface area contributed by atoms with E-state index in [1.54, 1.807) is 0 Å². The standard InChI is InChI=1S/C28H49N3O2/c1-2-3-4-5-6-7-8-9-10-17-22-31(25-20-15-12-16-21-25)30-28(33)27(32)26(29)23-24-18-13-11-14-19-24/h12,15-16,20-21,24,26-27,32H,2-11,13-14,17-19,22-23,29H2,1H3,(H,30,33)/t26-,27?/m1/s1. The number of amides is 1. The first kappa shape index (κ1) is 27.7. The molecule has 1 aromatic rings. The molecule has 2 atom stereocenters. The highest BCUT2D eigenvalue weighted by molar-refractivity contribution is 5.82. The first-order valence-electron chi connectivity index (χ1n) is 13.7. The molecule has 0 heterocycles. The maximum Gasteiger partial charge on any atom is 0.268 e. The fourth-order valence-electron chi connectivity index (χ4n) is 4.95. The number of nitrogens with zero attached hydrogens (tertiary/aromatic N) is 1. The zero-order chi connectivity index (χ0) is 23.7. The minimum atomic E-state index is -1.18. The average Bonchev–Trinajstić information content (AvgIpc) is 2.85. The highest BCUT2D eigenvalue weighted by atomic mass is 16.3. The lowest BCUT2D eigenvalue weighted by atomic mass is 9.84. The highest BCUT2D eigenvalue weighted by Gasteiger charge is 2.27. The van der Waals surface area contributed by atoms with Crippen molar-refractivity contribution >= 4 is 11.6 Å². The number of benzene rings is 1. The van der Waals surface area contributed by atoms with E-state index in [1.165, 1.54) is 70.6 Å². The minimum absolute atomic E-state index is 0.394. The van der Waals surface area contributed by atoms with E-state index in [9.17, 15) is 9.90 Å². The van der Waals surface area contributed by atoms with Crippen LogP contribution >= 0.6 is 0 Å². The Morgan fingerprint density at radius 3 is 2.15 bits per heavy atom. The summed E-state index contributed by atoms with van der Waals surface area (Å²) in [5.41, 5.74) is 10.1. The van der Waals surface area contributed by atoms with Crippen LogP contribution in [0.1, 0.15) is 110 Å². The lowest BCUT2D eigenvalue weighted by Crippen LogP contribution is -2.53. The molecule has 1 unspecified atom stereocenters. The number of carbonyl (C=O) groups excluding carboxylic acids is 1. The minimum Gasteiger partial charge on any atom is -0.382 e. The number of para-hydroxylation sites is 1. The van der Waals surface area contributed by atoms with Crippen LogP contribution in [0.4, 0.5) is 5.69 Å².